The van der Waals surface area contributed by atoms with Gasteiger partial charge in [-0.1, -0.05) is 41.6 Å². The first-order valence-corrected chi connectivity index (χ1v) is 11.3. The van der Waals surface area contributed by atoms with Crippen LogP contribution < -0.4 is 0 Å². The predicted molar refractivity (Wildman–Crippen MR) is 120 cm³/mol. The number of carbonyl (C=O) groups is 1. The minimum atomic E-state index is -0.0558. The molecule has 0 bridgehead atoms. The number of thiophene rings is 1. The molecule has 4 aromatic rings. The Labute approximate surface area is 184 Å². The van der Waals surface area contributed by atoms with E-state index in [-0.39, 0.29) is 12.0 Å². The van der Waals surface area contributed by atoms with Crippen molar-refractivity contribution in [3.63, 3.8) is 0 Å². The van der Waals surface area contributed by atoms with Crippen LogP contribution in [0.3, 0.4) is 0 Å². The summed E-state index contributed by atoms with van der Waals surface area (Å²) in [5.74, 6) is -0.0558. The van der Waals surface area contributed by atoms with Crippen LogP contribution in [0.5, 0.6) is 0 Å². The molecule has 1 aliphatic rings. The Morgan fingerprint density at radius 3 is 2.84 bits per heavy atom. The van der Waals surface area contributed by atoms with Gasteiger partial charge in [-0.3, -0.25) is 4.79 Å². The second kappa shape index (κ2) is 8.61. The van der Waals surface area contributed by atoms with Crippen molar-refractivity contribution in [1.82, 2.24) is 15.0 Å². The van der Waals surface area contributed by atoms with Crippen molar-refractivity contribution in [2.45, 2.75) is 32.4 Å². The van der Waals surface area contributed by atoms with Gasteiger partial charge in [-0.05, 0) is 37.3 Å². The van der Waals surface area contributed by atoms with E-state index >= 15 is 0 Å². The summed E-state index contributed by atoms with van der Waals surface area (Å²) in [5.41, 5.74) is 3.24. The third kappa shape index (κ3) is 4.11. The first-order valence-electron chi connectivity index (χ1n) is 10.4. The summed E-state index contributed by atoms with van der Waals surface area (Å²) >= 11 is 1.65. The van der Waals surface area contributed by atoms with Gasteiger partial charge >= 0.3 is 0 Å². The molecule has 0 radical (unpaired) electrons. The number of carbonyl (C=O) groups excluding carboxylic acids is 1. The van der Waals surface area contributed by atoms with Crippen LogP contribution in [0.25, 0.3) is 22.4 Å². The molecule has 1 unspecified atom stereocenters. The van der Waals surface area contributed by atoms with Gasteiger partial charge in [0.25, 0.3) is 11.6 Å². The van der Waals surface area contributed by atoms with Crippen molar-refractivity contribution in [3.05, 3.63) is 70.0 Å². The van der Waals surface area contributed by atoms with Crippen LogP contribution in [-0.4, -0.2) is 40.2 Å². The van der Waals surface area contributed by atoms with E-state index in [0.717, 1.165) is 29.9 Å². The summed E-state index contributed by atoms with van der Waals surface area (Å²) in [6.07, 6.45) is 2.08. The highest BCUT2D eigenvalue weighted by molar-refractivity contribution is 7.09. The van der Waals surface area contributed by atoms with Gasteiger partial charge in [0.1, 0.15) is 0 Å². The highest BCUT2D eigenvalue weighted by Crippen LogP contribution is 2.29. The number of amides is 1. The van der Waals surface area contributed by atoms with Crippen LogP contribution in [0.15, 0.2) is 58.4 Å². The molecule has 1 amide bonds. The van der Waals surface area contributed by atoms with E-state index in [1.54, 1.807) is 11.3 Å². The third-order valence-electron chi connectivity index (χ3n) is 5.58. The molecule has 0 saturated carbocycles. The summed E-state index contributed by atoms with van der Waals surface area (Å²) in [4.78, 5) is 21.5. The molecule has 1 saturated heterocycles. The number of fused-ring (bicyclic) bond motifs is 1. The number of hydrogen-bond donors (Lipinski definition) is 0. The number of aryl methyl sites for hydroxylation is 1. The van der Waals surface area contributed by atoms with Crippen molar-refractivity contribution < 1.29 is 14.1 Å². The Balaban J connectivity index is 1.57. The lowest BCUT2D eigenvalue weighted by molar-refractivity contribution is 0.0511. The largest absolute Gasteiger partial charge is 0.376 e. The average Bonchev–Trinajstić information content (AvgIpc) is 3.56. The molecular formula is C24H23N3O3S. The van der Waals surface area contributed by atoms with E-state index < -0.39 is 0 Å². The van der Waals surface area contributed by atoms with Gasteiger partial charge < -0.3 is 14.2 Å². The Bertz CT molecular complexity index is 1180. The van der Waals surface area contributed by atoms with Crippen LogP contribution in [-0.2, 0) is 11.3 Å². The van der Waals surface area contributed by atoms with Crippen LogP contribution in [0, 0.1) is 6.92 Å². The van der Waals surface area contributed by atoms with Crippen LogP contribution >= 0.6 is 11.3 Å². The van der Waals surface area contributed by atoms with Gasteiger partial charge in [0.15, 0.2) is 0 Å². The molecule has 5 rings (SSSR count). The number of aromatic nitrogens is 2. The SMILES string of the molecule is Cc1noc2nc(-c3ccccc3)cc(C(=O)N(Cc3cccs3)CC3CCCO3)c12. The van der Waals surface area contributed by atoms with E-state index in [4.69, 9.17) is 9.26 Å². The van der Waals surface area contributed by atoms with Gasteiger partial charge in [-0.2, -0.15) is 0 Å². The lowest BCUT2D eigenvalue weighted by atomic mass is 10.0. The number of pyridine rings is 1. The van der Waals surface area contributed by atoms with Crippen LogP contribution in [0.1, 0.15) is 33.8 Å². The molecule has 1 atom stereocenters. The molecule has 0 spiro atoms. The van der Waals surface area contributed by atoms with Gasteiger partial charge in [0, 0.05) is 23.6 Å². The molecule has 0 N–H and O–H groups in total. The lowest BCUT2D eigenvalue weighted by Crippen LogP contribution is -2.37. The minimum absolute atomic E-state index is 0.0558. The van der Waals surface area contributed by atoms with E-state index in [9.17, 15) is 4.79 Å². The highest BCUT2D eigenvalue weighted by atomic mass is 32.1. The second-order valence-electron chi connectivity index (χ2n) is 7.77. The fourth-order valence-electron chi connectivity index (χ4n) is 4.03. The molecule has 7 heteroatoms. The monoisotopic (exact) mass is 433 g/mol. The predicted octanol–water partition coefficient (Wildman–Crippen LogP) is 5.08. The summed E-state index contributed by atoms with van der Waals surface area (Å²) in [6, 6.07) is 15.7. The molecular weight excluding hydrogens is 410 g/mol. The minimum Gasteiger partial charge on any atom is -0.376 e. The topological polar surface area (TPSA) is 68.5 Å². The number of hydrogen-bond acceptors (Lipinski definition) is 6. The third-order valence-corrected chi connectivity index (χ3v) is 6.44. The van der Waals surface area contributed by atoms with E-state index in [2.05, 4.69) is 16.2 Å². The van der Waals surface area contributed by atoms with Gasteiger partial charge in [0.05, 0.1) is 35.0 Å². The Morgan fingerprint density at radius 1 is 1.23 bits per heavy atom. The first kappa shape index (κ1) is 19.9. The summed E-state index contributed by atoms with van der Waals surface area (Å²) in [7, 11) is 0. The second-order valence-corrected chi connectivity index (χ2v) is 8.80. The van der Waals surface area contributed by atoms with Crippen molar-refractivity contribution in [3.8, 4) is 11.3 Å². The molecule has 1 aliphatic heterocycles. The van der Waals surface area contributed by atoms with Crippen molar-refractivity contribution in [2.24, 2.45) is 0 Å². The molecule has 4 heterocycles. The molecule has 1 fully saturated rings. The molecule has 1 aromatic carbocycles. The average molecular weight is 434 g/mol. The zero-order chi connectivity index (χ0) is 21.2. The zero-order valence-electron chi connectivity index (χ0n) is 17.3. The maximum atomic E-state index is 13.9. The highest BCUT2D eigenvalue weighted by Gasteiger charge is 2.27. The fraction of sp³-hybridized carbons (Fsp3) is 0.292. The van der Waals surface area contributed by atoms with Crippen molar-refractivity contribution >= 4 is 28.3 Å². The van der Waals surface area contributed by atoms with E-state index in [1.807, 2.05) is 59.7 Å². The standard InChI is InChI=1S/C24H23N3O3S/c1-16-22-20(13-21(25-23(22)30-26-16)17-7-3-2-4-8-17)24(28)27(14-18-9-5-11-29-18)15-19-10-6-12-31-19/h2-4,6-8,10,12-13,18H,5,9,11,14-15H2,1H3. The number of benzene rings is 1. The molecule has 31 heavy (non-hydrogen) atoms. The summed E-state index contributed by atoms with van der Waals surface area (Å²) < 4.78 is 11.3. The van der Waals surface area contributed by atoms with E-state index in [0.29, 0.717) is 41.1 Å². The Kier molecular flexibility index (Phi) is 5.53. The Hall–Kier alpha value is -3.03. The van der Waals surface area contributed by atoms with Crippen LogP contribution in [0.2, 0.25) is 0 Å². The lowest BCUT2D eigenvalue weighted by Gasteiger charge is -2.25. The van der Waals surface area contributed by atoms with Crippen molar-refractivity contribution in [1.29, 1.82) is 0 Å². The maximum absolute atomic E-state index is 13.9. The smallest absolute Gasteiger partial charge is 0.259 e. The molecule has 0 aliphatic carbocycles. The van der Waals surface area contributed by atoms with Crippen LogP contribution in [0.4, 0.5) is 0 Å². The van der Waals surface area contributed by atoms with E-state index in [1.165, 1.54) is 0 Å². The van der Waals surface area contributed by atoms with Crippen molar-refractivity contribution in [2.75, 3.05) is 13.2 Å². The molecule has 6 nitrogen and oxygen atoms in total. The molecule has 158 valence electrons. The van der Waals surface area contributed by atoms with Gasteiger partial charge in [-0.25, -0.2) is 4.98 Å². The summed E-state index contributed by atoms with van der Waals surface area (Å²) in [6.45, 7) is 3.71. The fourth-order valence-corrected chi connectivity index (χ4v) is 4.75. The summed E-state index contributed by atoms with van der Waals surface area (Å²) in [5, 5.41) is 6.79. The quantitative estimate of drug-likeness (QED) is 0.424. The number of ether oxygens (including phenoxy) is 1. The molecule has 3 aromatic heterocycles. The first-order chi connectivity index (χ1) is 15.2. The number of rotatable bonds is 6. The van der Waals surface area contributed by atoms with Gasteiger partial charge in [-0.15, -0.1) is 11.3 Å². The van der Waals surface area contributed by atoms with Gasteiger partial charge in [0.2, 0.25) is 0 Å². The number of nitrogens with zero attached hydrogens (tertiary/aromatic N) is 3. The normalized spacial score (nSPS) is 16.1. The Morgan fingerprint density at radius 2 is 2.10 bits per heavy atom. The zero-order valence-corrected chi connectivity index (χ0v) is 18.1. The maximum Gasteiger partial charge on any atom is 0.259 e.